The zero-order valence-corrected chi connectivity index (χ0v) is 7.85. The summed E-state index contributed by atoms with van der Waals surface area (Å²) in [4.78, 5) is 0. The summed E-state index contributed by atoms with van der Waals surface area (Å²) in [5.41, 5.74) is 0. The van der Waals surface area contributed by atoms with Crippen molar-refractivity contribution in [2.75, 3.05) is 0 Å². The second-order valence-electron chi connectivity index (χ2n) is 0.0833. The van der Waals surface area contributed by atoms with E-state index < -0.39 is 9.29 Å². The second-order valence-corrected chi connectivity index (χ2v) is 0.250. The summed E-state index contributed by atoms with van der Waals surface area (Å²) in [6.07, 6.45) is 0. The summed E-state index contributed by atoms with van der Waals surface area (Å²) in [5, 5.41) is 0. The molecule has 0 spiro atoms. The van der Waals surface area contributed by atoms with Gasteiger partial charge in [-0.25, -0.2) is 0 Å². The van der Waals surface area contributed by atoms with E-state index >= 15 is 0 Å². The molecule has 0 aromatic heterocycles. The van der Waals surface area contributed by atoms with Crippen LogP contribution >= 0.6 is 0 Å². The van der Waals surface area contributed by atoms with Crippen LogP contribution in [0.4, 0.5) is 0 Å². The molecular formula is HLiO4SiZn. The topological polar surface area (TPSA) is 92.6 Å². The van der Waals surface area contributed by atoms with Crippen molar-refractivity contribution < 1.29 is 58.2 Å². The summed E-state index contributed by atoms with van der Waals surface area (Å²) in [6.45, 7) is 0. The van der Waals surface area contributed by atoms with E-state index in [1.54, 1.807) is 0 Å². The fraction of sp³-hybridized carbons (Fsp3) is 0. The van der Waals surface area contributed by atoms with Crippen molar-refractivity contribution in [3.05, 3.63) is 0 Å². The fourth-order valence-electron chi connectivity index (χ4n) is 0. The molecule has 0 heterocycles. The molecule has 0 fully saturated rings. The molecule has 0 rings (SSSR count). The predicted molar refractivity (Wildman–Crippen MR) is 9.75 cm³/mol. The van der Waals surface area contributed by atoms with Gasteiger partial charge in [-0.05, 0) is 0 Å². The fourth-order valence-corrected chi connectivity index (χ4v) is 0. The molecule has 0 aromatic carbocycles. The van der Waals surface area contributed by atoms with Crippen LogP contribution in [0, 0.1) is 0 Å². The summed E-state index contributed by atoms with van der Waals surface area (Å²) in [7, 11) is -1.42. The van der Waals surface area contributed by atoms with E-state index in [0.717, 1.165) is 0 Å². The minimum Gasteiger partial charge on any atom is -2.00 e. The van der Waals surface area contributed by atoms with Crippen LogP contribution in [-0.4, -0.2) is 14.8 Å². The molecule has 7 heteroatoms. The van der Waals surface area contributed by atoms with Gasteiger partial charge in [-0.1, -0.05) is 0 Å². The monoisotopic (exact) mass is 164 g/mol. The van der Waals surface area contributed by atoms with E-state index in [4.69, 9.17) is 8.92 Å². The van der Waals surface area contributed by atoms with Crippen LogP contribution in [0.25, 0.3) is 0 Å². The van der Waals surface area contributed by atoms with Crippen LogP contribution in [0.1, 0.15) is 0 Å². The van der Waals surface area contributed by atoms with Gasteiger partial charge in [0.1, 0.15) is 0 Å². The molecule has 0 amide bonds. The van der Waals surface area contributed by atoms with Crippen molar-refractivity contribution in [1.82, 2.24) is 0 Å². The van der Waals surface area contributed by atoms with Crippen molar-refractivity contribution >= 4 is 9.29 Å². The molecule has 4 nitrogen and oxygen atoms in total. The quantitative estimate of drug-likeness (QED) is 0.343. The Morgan fingerprint density at radius 3 is 1.14 bits per heavy atom. The summed E-state index contributed by atoms with van der Waals surface area (Å²) < 4.78 is 16.8. The van der Waals surface area contributed by atoms with Crippen molar-refractivity contribution in [3.8, 4) is 0 Å². The van der Waals surface area contributed by atoms with E-state index in [0.29, 0.717) is 0 Å². The van der Waals surface area contributed by atoms with Crippen molar-refractivity contribution in [2.45, 2.75) is 0 Å². The Morgan fingerprint density at radius 2 is 1.14 bits per heavy atom. The van der Waals surface area contributed by atoms with Crippen LogP contribution in [0.5, 0.6) is 0 Å². The molecule has 0 bridgehead atoms. The Bertz CT molecular complexity index is 32.7. The van der Waals surface area contributed by atoms with Gasteiger partial charge < -0.3 is 11.0 Å². The van der Waals surface area contributed by atoms with Crippen molar-refractivity contribution in [2.24, 2.45) is 0 Å². The third-order valence-corrected chi connectivity index (χ3v) is 0. The molecule has 0 atom stereocenters. The molecule has 0 aromatic rings. The van der Waals surface area contributed by atoms with E-state index in [1.165, 1.54) is 0 Å². The molecule has 1 N–H and O–H groups in total. The van der Waals surface area contributed by atoms with Gasteiger partial charge in [-0.2, -0.15) is 0 Å². The van der Waals surface area contributed by atoms with Crippen LogP contribution in [0.2, 0.25) is 0 Å². The molecule has 0 saturated heterocycles. The van der Waals surface area contributed by atoms with Crippen LogP contribution in [-0.2, 0) is 33.9 Å². The molecule has 0 unspecified atom stereocenters. The summed E-state index contributed by atoms with van der Waals surface area (Å²) in [5.74, 6) is 0. The zero-order chi connectivity index (χ0) is 2.71. The molecule has 0 saturated carbocycles. The zero-order valence-electron chi connectivity index (χ0n) is 3.88. The van der Waals surface area contributed by atoms with Gasteiger partial charge in [0, 0.05) is 0 Å². The third-order valence-electron chi connectivity index (χ3n) is 0. The third kappa shape index (κ3) is 186. The Labute approximate surface area is 67.5 Å². The summed E-state index contributed by atoms with van der Waals surface area (Å²) in [6, 6.07) is 0. The first kappa shape index (κ1) is 44.0. The smallest absolute Gasteiger partial charge is 2.00 e. The first-order valence-electron chi connectivity index (χ1n) is 0.408. The van der Waals surface area contributed by atoms with E-state index in [2.05, 4.69) is 0 Å². The standard InChI is InChI=1S/Li.O2Si.H2O.O.Zn/c;1-3-2;;;/h;;1H2;;/q+1;;;-2;+2/p-1. The maximum absolute atomic E-state index is 8.40. The van der Waals surface area contributed by atoms with E-state index in [1.807, 2.05) is 0 Å². The molecule has 0 radical (unpaired) electrons. The van der Waals surface area contributed by atoms with Gasteiger partial charge in [0.25, 0.3) is 0 Å². The predicted octanol–water partition coefficient (Wildman–Crippen LogP) is -3.91. The first-order valence-corrected chi connectivity index (χ1v) is 1.22. The molecular weight excluding hydrogens is 164 g/mol. The molecule has 0 aliphatic rings. The van der Waals surface area contributed by atoms with Crippen LogP contribution in [0.3, 0.4) is 0 Å². The minimum atomic E-state index is -1.42. The number of rotatable bonds is 0. The van der Waals surface area contributed by atoms with E-state index in [-0.39, 0.29) is 49.3 Å². The first-order chi connectivity index (χ1) is 1.41. The van der Waals surface area contributed by atoms with Gasteiger partial charge >= 0.3 is 47.6 Å². The minimum absolute atomic E-state index is 0. The Balaban J connectivity index is -0.00000000333. The molecule has 0 aliphatic heterocycles. The molecule has 7 heavy (non-hydrogen) atoms. The number of hydrogen-bond acceptors (Lipinski definition) is 3. The summed E-state index contributed by atoms with van der Waals surface area (Å²) >= 11 is 0. The second kappa shape index (κ2) is 64.4. The molecule has 0 aliphatic carbocycles. The molecule has 32 valence electrons. The van der Waals surface area contributed by atoms with Gasteiger partial charge in [0.15, 0.2) is 0 Å². The average Bonchev–Trinajstić information content (AvgIpc) is 0.918. The van der Waals surface area contributed by atoms with Gasteiger partial charge in [-0.15, -0.1) is 0 Å². The van der Waals surface area contributed by atoms with Crippen molar-refractivity contribution in [1.29, 1.82) is 0 Å². The van der Waals surface area contributed by atoms with Crippen LogP contribution < -0.4 is 18.9 Å². The van der Waals surface area contributed by atoms with E-state index in [9.17, 15) is 0 Å². The Morgan fingerprint density at radius 1 is 1.14 bits per heavy atom. The van der Waals surface area contributed by atoms with Crippen molar-refractivity contribution in [3.63, 3.8) is 0 Å². The van der Waals surface area contributed by atoms with Gasteiger partial charge in [-0.3, -0.25) is 8.92 Å². The maximum atomic E-state index is 8.40. The Hall–Kier alpha value is 0.958. The normalized spacial score (nSPS) is 1.14. The van der Waals surface area contributed by atoms with Crippen LogP contribution in [0.15, 0.2) is 0 Å². The van der Waals surface area contributed by atoms with Gasteiger partial charge in [0.05, 0.1) is 0 Å². The SMILES string of the molecule is O=[Si]=O.[Li+].[O-2].[OH-].[Zn+2]. The number of hydrogen-bond donors (Lipinski definition) is 0. The van der Waals surface area contributed by atoms with Gasteiger partial charge in [0.2, 0.25) is 0 Å². The Kier molecular flexibility index (Phi) is 405. The maximum Gasteiger partial charge on any atom is 2.00 e. The average molecular weight is 165 g/mol. The largest absolute Gasteiger partial charge is 2.00 e.